The van der Waals surface area contributed by atoms with E-state index in [1.165, 1.54) is 38.5 Å². The zero-order chi connectivity index (χ0) is 15.9. The maximum atomic E-state index is 6.04. The van der Waals surface area contributed by atoms with Crippen LogP contribution in [0, 0.1) is 0 Å². The largest absolute Gasteiger partial charge is 0.370 e. The first-order chi connectivity index (χ1) is 11.3. The minimum absolute atomic E-state index is 0.484. The second kappa shape index (κ2) is 8.11. The van der Waals surface area contributed by atoms with E-state index >= 15 is 0 Å². The molecule has 3 N–H and O–H groups in total. The van der Waals surface area contributed by atoms with E-state index in [0.29, 0.717) is 18.5 Å². The van der Waals surface area contributed by atoms with Gasteiger partial charge in [0.15, 0.2) is 5.96 Å². The summed E-state index contributed by atoms with van der Waals surface area (Å²) in [6.45, 7) is 0.545. The van der Waals surface area contributed by atoms with Gasteiger partial charge < -0.3 is 11.1 Å². The first-order valence-corrected chi connectivity index (χ1v) is 9.25. The first-order valence-electron chi connectivity index (χ1n) is 8.37. The normalized spacial score (nSPS) is 17.0. The number of hydrogen-bond donors (Lipinski definition) is 2. The summed E-state index contributed by atoms with van der Waals surface area (Å²) in [5.74, 6) is 0.549. The molecule has 122 valence electrons. The molecule has 4 nitrogen and oxygen atoms in total. The van der Waals surface area contributed by atoms with Gasteiger partial charge in [0.1, 0.15) is 5.01 Å². The van der Waals surface area contributed by atoms with Crippen LogP contribution in [0.25, 0.3) is 11.3 Å². The Balaban J connectivity index is 1.55. The van der Waals surface area contributed by atoms with E-state index in [0.717, 1.165) is 16.3 Å². The number of hydrogen-bond acceptors (Lipinski definition) is 3. The molecule has 0 aliphatic heterocycles. The van der Waals surface area contributed by atoms with Crippen molar-refractivity contribution in [3.63, 3.8) is 0 Å². The summed E-state index contributed by atoms with van der Waals surface area (Å²) in [5.41, 5.74) is 8.19. The van der Waals surface area contributed by atoms with Crippen molar-refractivity contribution in [1.82, 2.24) is 10.3 Å². The van der Waals surface area contributed by atoms with Gasteiger partial charge in [0.25, 0.3) is 0 Å². The molecule has 0 saturated heterocycles. The van der Waals surface area contributed by atoms with E-state index < -0.39 is 0 Å². The highest BCUT2D eigenvalue weighted by Crippen LogP contribution is 2.22. The summed E-state index contributed by atoms with van der Waals surface area (Å²) in [6, 6.07) is 10.7. The predicted octanol–water partition coefficient (Wildman–Crippen LogP) is 3.94. The molecular weight excluding hydrogens is 304 g/mol. The van der Waals surface area contributed by atoms with Crippen LogP contribution in [0.3, 0.4) is 0 Å². The molecule has 0 bridgehead atoms. The van der Waals surface area contributed by atoms with Crippen LogP contribution in [0.4, 0.5) is 0 Å². The topological polar surface area (TPSA) is 63.3 Å². The molecule has 1 aromatic heterocycles. The molecule has 1 saturated carbocycles. The maximum absolute atomic E-state index is 6.04. The zero-order valence-corrected chi connectivity index (χ0v) is 14.2. The van der Waals surface area contributed by atoms with Crippen LogP contribution < -0.4 is 11.1 Å². The van der Waals surface area contributed by atoms with E-state index in [-0.39, 0.29) is 0 Å². The molecule has 5 heteroatoms. The molecule has 23 heavy (non-hydrogen) atoms. The minimum Gasteiger partial charge on any atom is -0.370 e. The average molecular weight is 328 g/mol. The number of guanidine groups is 1. The van der Waals surface area contributed by atoms with Crippen molar-refractivity contribution < 1.29 is 0 Å². The summed E-state index contributed by atoms with van der Waals surface area (Å²) in [4.78, 5) is 9.10. The van der Waals surface area contributed by atoms with Gasteiger partial charge in [0, 0.05) is 17.0 Å². The number of rotatable bonds is 4. The molecule has 1 aliphatic rings. The number of nitrogens with zero attached hydrogens (tertiary/aromatic N) is 2. The third kappa shape index (κ3) is 4.79. The zero-order valence-electron chi connectivity index (χ0n) is 13.4. The van der Waals surface area contributed by atoms with Crippen LogP contribution in [0.5, 0.6) is 0 Å². The smallest absolute Gasteiger partial charge is 0.189 e. The van der Waals surface area contributed by atoms with Crippen molar-refractivity contribution in [3.8, 4) is 11.3 Å². The minimum atomic E-state index is 0.484. The fraction of sp³-hybridized carbons (Fsp3) is 0.444. The van der Waals surface area contributed by atoms with Gasteiger partial charge in [0.05, 0.1) is 12.2 Å². The Labute approximate surface area is 141 Å². The molecular formula is C18H24N4S. The van der Waals surface area contributed by atoms with Crippen molar-refractivity contribution >= 4 is 17.3 Å². The van der Waals surface area contributed by atoms with Crippen molar-refractivity contribution in [2.75, 3.05) is 0 Å². The van der Waals surface area contributed by atoms with Gasteiger partial charge in [-0.25, -0.2) is 9.98 Å². The monoisotopic (exact) mass is 328 g/mol. The quantitative estimate of drug-likeness (QED) is 0.508. The van der Waals surface area contributed by atoms with E-state index in [1.807, 2.05) is 18.2 Å². The van der Waals surface area contributed by atoms with Gasteiger partial charge in [-0.05, 0) is 12.8 Å². The highest BCUT2D eigenvalue weighted by atomic mass is 32.1. The van der Waals surface area contributed by atoms with Crippen LogP contribution in [0.15, 0.2) is 40.7 Å². The van der Waals surface area contributed by atoms with Gasteiger partial charge in [-0.15, -0.1) is 11.3 Å². The maximum Gasteiger partial charge on any atom is 0.189 e. The van der Waals surface area contributed by atoms with E-state index in [2.05, 4.69) is 32.8 Å². The number of benzene rings is 1. The molecule has 3 rings (SSSR count). The number of aromatic nitrogens is 1. The Kier molecular flexibility index (Phi) is 5.64. The number of nitrogens with two attached hydrogens (primary N) is 1. The molecule has 0 amide bonds. The fourth-order valence-corrected chi connectivity index (χ4v) is 3.68. The molecule has 0 atom stereocenters. The van der Waals surface area contributed by atoms with Crippen molar-refractivity contribution in [2.45, 2.75) is 51.1 Å². The number of nitrogens with one attached hydrogen (secondary N) is 1. The second-order valence-electron chi connectivity index (χ2n) is 6.03. The van der Waals surface area contributed by atoms with Gasteiger partial charge >= 0.3 is 0 Å². The predicted molar refractivity (Wildman–Crippen MR) is 97.5 cm³/mol. The molecule has 1 heterocycles. The molecule has 0 radical (unpaired) electrons. The van der Waals surface area contributed by atoms with Crippen molar-refractivity contribution in [3.05, 3.63) is 40.7 Å². The molecule has 0 unspecified atom stereocenters. The summed E-state index contributed by atoms with van der Waals surface area (Å²) < 4.78 is 0. The molecule has 2 aromatic rings. The summed E-state index contributed by atoms with van der Waals surface area (Å²) in [6.07, 6.45) is 7.67. The molecule has 1 fully saturated rings. The molecule has 1 aliphatic carbocycles. The standard InChI is InChI=1S/C18H24N4S/c19-18(21-15-10-6-1-2-7-11-15)20-12-17-22-16(13-23-17)14-8-4-3-5-9-14/h3-5,8-9,13,15H,1-2,6-7,10-12H2,(H3,19,20,21). The van der Waals surface area contributed by atoms with Crippen LogP contribution in [0.1, 0.15) is 43.5 Å². The lowest BCUT2D eigenvalue weighted by molar-refractivity contribution is 0.530. The van der Waals surface area contributed by atoms with Gasteiger partial charge in [-0.2, -0.15) is 0 Å². The summed E-state index contributed by atoms with van der Waals surface area (Å²) >= 11 is 1.63. The SMILES string of the molecule is NC(=NCc1nc(-c2ccccc2)cs1)NC1CCCCCC1. The summed E-state index contributed by atoms with van der Waals surface area (Å²) in [7, 11) is 0. The van der Waals surface area contributed by atoms with E-state index in [4.69, 9.17) is 5.73 Å². The highest BCUT2D eigenvalue weighted by Gasteiger charge is 2.12. The third-order valence-electron chi connectivity index (χ3n) is 4.21. The van der Waals surface area contributed by atoms with Crippen LogP contribution in [-0.4, -0.2) is 17.0 Å². The van der Waals surface area contributed by atoms with E-state index in [9.17, 15) is 0 Å². The van der Waals surface area contributed by atoms with Crippen LogP contribution in [0.2, 0.25) is 0 Å². The first kappa shape index (κ1) is 16.0. The Morgan fingerprint density at radius 1 is 1.17 bits per heavy atom. The van der Waals surface area contributed by atoms with Crippen molar-refractivity contribution in [2.24, 2.45) is 10.7 Å². The van der Waals surface area contributed by atoms with Crippen LogP contribution in [-0.2, 0) is 6.54 Å². The van der Waals surface area contributed by atoms with Crippen LogP contribution >= 0.6 is 11.3 Å². The number of aliphatic imine (C=N–C) groups is 1. The third-order valence-corrected chi connectivity index (χ3v) is 5.05. The molecule has 1 aromatic carbocycles. The lowest BCUT2D eigenvalue weighted by Gasteiger charge is -2.16. The average Bonchev–Trinajstić information content (AvgIpc) is 2.91. The van der Waals surface area contributed by atoms with Gasteiger partial charge in [-0.3, -0.25) is 0 Å². The lowest BCUT2D eigenvalue weighted by Crippen LogP contribution is -2.39. The van der Waals surface area contributed by atoms with E-state index in [1.54, 1.807) is 11.3 Å². The van der Waals surface area contributed by atoms with Crippen molar-refractivity contribution in [1.29, 1.82) is 0 Å². The Bertz CT molecular complexity index is 627. The molecule has 0 spiro atoms. The highest BCUT2D eigenvalue weighted by molar-refractivity contribution is 7.09. The van der Waals surface area contributed by atoms with Gasteiger partial charge in [-0.1, -0.05) is 56.0 Å². The van der Waals surface area contributed by atoms with Gasteiger partial charge in [0.2, 0.25) is 0 Å². The fourth-order valence-electron chi connectivity index (χ4n) is 2.96. The summed E-state index contributed by atoms with van der Waals surface area (Å²) in [5, 5.41) is 6.45. The Hall–Kier alpha value is -1.88. The second-order valence-corrected chi connectivity index (χ2v) is 6.97. The Morgan fingerprint density at radius 3 is 2.65 bits per heavy atom. The number of thiazole rings is 1. The Morgan fingerprint density at radius 2 is 1.91 bits per heavy atom. The lowest BCUT2D eigenvalue weighted by atomic mass is 10.1.